The average Bonchev–Trinajstić information content (AvgIpc) is 3.36. The second kappa shape index (κ2) is 9.43. The number of methoxy groups -OCH3 is 1. The Labute approximate surface area is 176 Å². The zero-order valence-electron chi connectivity index (χ0n) is 16.2. The Bertz CT molecular complexity index is 1020. The SMILES string of the molecule is COc1ccc(NC(=O)CSc2nnc(N/N=C(\C)c3cccs3)n2N)c(C)c1. The molecule has 2 heterocycles. The standard InChI is InChI=1S/C18H21N7O2S2/c1-11-9-13(27-3)6-7-14(11)20-16(26)10-29-18-24-23-17(25(18)19)22-21-12(2)15-5-4-8-28-15/h4-9H,10,19H2,1-3H3,(H,20,26)(H,22,23)/b21-12+. The highest BCUT2D eigenvalue weighted by Gasteiger charge is 2.13. The third-order valence-corrected chi connectivity index (χ3v) is 5.83. The molecule has 0 radical (unpaired) electrons. The van der Waals surface area contributed by atoms with Crippen LogP contribution in [0.1, 0.15) is 17.4 Å². The number of carbonyl (C=O) groups excluding carboxylic acids is 1. The van der Waals surface area contributed by atoms with Crippen molar-refractivity contribution in [2.75, 3.05) is 29.4 Å². The Morgan fingerprint density at radius 2 is 2.21 bits per heavy atom. The van der Waals surface area contributed by atoms with E-state index >= 15 is 0 Å². The van der Waals surface area contributed by atoms with E-state index in [1.165, 1.54) is 16.4 Å². The van der Waals surface area contributed by atoms with E-state index in [9.17, 15) is 4.79 Å². The second-order valence-electron chi connectivity index (χ2n) is 5.98. The highest BCUT2D eigenvalue weighted by atomic mass is 32.2. The average molecular weight is 432 g/mol. The zero-order chi connectivity index (χ0) is 20.8. The number of carbonyl (C=O) groups is 1. The molecule has 0 spiro atoms. The molecule has 0 bridgehead atoms. The van der Waals surface area contributed by atoms with Crippen molar-refractivity contribution in [1.29, 1.82) is 0 Å². The van der Waals surface area contributed by atoms with Crippen molar-refractivity contribution in [2.45, 2.75) is 19.0 Å². The van der Waals surface area contributed by atoms with Crippen molar-refractivity contribution < 1.29 is 9.53 Å². The minimum Gasteiger partial charge on any atom is -0.497 e. The molecule has 0 saturated heterocycles. The summed E-state index contributed by atoms with van der Waals surface area (Å²) >= 11 is 2.77. The summed E-state index contributed by atoms with van der Waals surface area (Å²) in [6, 6.07) is 9.39. The van der Waals surface area contributed by atoms with Crippen LogP contribution in [0.2, 0.25) is 0 Å². The Morgan fingerprint density at radius 3 is 2.90 bits per heavy atom. The number of aromatic nitrogens is 3. The van der Waals surface area contributed by atoms with Gasteiger partial charge in [0, 0.05) is 10.6 Å². The van der Waals surface area contributed by atoms with Crippen LogP contribution in [0.15, 0.2) is 46.0 Å². The molecule has 1 aromatic carbocycles. The summed E-state index contributed by atoms with van der Waals surface area (Å²) in [5.41, 5.74) is 5.25. The Morgan fingerprint density at radius 1 is 1.38 bits per heavy atom. The van der Waals surface area contributed by atoms with Gasteiger partial charge in [0.1, 0.15) is 5.75 Å². The maximum Gasteiger partial charge on any atom is 0.264 e. The number of hydrogen-bond donors (Lipinski definition) is 3. The van der Waals surface area contributed by atoms with Gasteiger partial charge in [-0.25, -0.2) is 10.1 Å². The molecule has 2 aromatic heterocycles. The predicted octanol–water partition coefficient (Wildman–Crippen LogP) is 2.94. The number of nitrogens with two attached hydrogens (primary N) is 1. The number of nitrogen functional groups attached to an aromatic ring is 1. The fourth-order valence-electron chi connectivity index (χ4n) is 2.34. The van der Waals surface area contributed by atoms with Gasteiger partial charge >= 0.3 is 0 Å². The van der Waals surface area contributed by atoms with Gasteiger partial charge in [0.25, 0.3) is 5.95 Å². The summed E-state index contributed by atoms with van der Waals surface area (Å²) in [5.74, 6) is 6.99. The van der Waals surface area contributed by atoms with E-state index in [-0.39, 0.29) is 17.6 Å². The molecule has 0 aliphatic carbocycles. The molecule has 1 amide bonds. The van der Waals surface area contributed by atoms with Gasteiger partial charge in [-0.1, -0.05) is 17.8 Å². The molecule has 152 valence electrons. The number of rotatable bonds is 8. The molecule has 3 rings (SSSR count). The molecule has 0 fully saturated rings. The van der Waals surface area contributed by atoms with Crippen LogP contribution < -0.4 is 21.3 Å². The highest BCUT2D eigenvalue weighted by Crippen LogP contribution is 2.22. The van der Waals surface area contributed by atoms with Crippen molar-refractivity contribution in [3.63, 3.8) is 0 Å². The topological polar surface area (TPSA) is 119 Å². The number of nitrogens with one attached hydrogen (secondary N) is 2. The van der Waals surface area contributed by atoms with Crippen molar-refractivity contribution >= 4 is 46.4 Å². The lowest BCUT2D eigenvalue weighted by molar-refractivity contribution is -0.113. The first kappa shape index (κ1) is 20.7. The molecule has 11 heteroatoms. The van der Waals surface area contributed by atoms with Crippen LogP contribution >= 0.6 is 23.1 Å². The lowest BCUT2D eigenvalue weighted by Crippen LogP contribution is -2.17. The number of nitrogens with zero attached hydrogens (tertiary/aromatic N) is 4. The fourth-order valence-corrected chi connectivity index (χ4v) is 3.68. The van der Waals surface area contributed by atoms with Crippen LogP contribution in [0.5, 0.6) is 5.75 Å². The van der Waals surface area contributed by atoms with Gasteiger partial charge < -0.3 is 15.9 Å². The van der Waals surface area contributed by atoms with Crippen molar-refractivity contribution in [3.8, 4) is 5.75 Å². The van der Waals surface area contributed by atoms with E-state index in [4.69, 9.17) is 10.6 Å². The largest absolute Gasteiger partial charge is 0.497 e. The van der Waals surface area contributed by atoms with Gasteiger partial charge in [-0.15, -0.1) is 21.5 Å². The van der Waals surface area contributed by atoms with Crippen molar-refractivity contribution in [1.82, 2.24) is 14.9 Å². The number of hydrazone groups is 1. The highest BCUT2D eigenvalue weighted by molar-refractivity contribution is 7.99. The van der Waals surface area contributed by atoms with Crippen LogP contribution in [0.25, 0.3) is 0 Å². The Kier molecular flexibility index (Phi) is 6.73. The number of aryl methyl sites for hydroxylation is 1. The molecular weight excluding hydrogens is 410 g/mol. The summed E-state index contributed by atoms with van der Waals surface area (Å²) < 4.78 is 6.43. The monoisotopic (exact) mass is 431 g/mol. The van der Waals surface area contributed by atoms with Crippen molar-refractivity contribution in [3.05, 3.63) is 46.2 Å². The molecule has 0 aliphatic rings. The molecule has 3 aromatic rings. The van der Waals surface area contributed by atoms with Crippen LogP contribution in [0.4, 0.5) is 11.6 Å². The minimum absolute atomic E-state index is 0.137. The molecule has 0 saturated carbocycles. The van der Waals surface area contributed by atoms with Gasteiger partial charge in [0.05, 0.1) is 18.6 Å². The number of anilines is 2. The number of benzene rings is 1. The summed E-state index contributed by atoms with van der Waals surface area (Å²) in [5, 5.41) is 17.5. The minimum atomic E-state index is -0.174. The molecule has 0 aliphatic heterocycles. The summed E-state index contributed by atoms with van der Waals surface area (Å²) in [6.45, 7) is 3.79. The van der Waals surface area contributed by atoms with E-state index in [0.29, 0.717) is 5.16 Å². The van der Waals surface area contributed by atoms with Gasteiger partial charge in [-0.05, 0) is 49.1 Å². The van der Waals surface area contributed by atoms with Crippen LogP contribution in [-0.2, 0) is 4.79 Å². The summed E-state index contributed by atoms with van der Waals surface area (Å²) in [7, 11) is 1.60. The molecule has 0 atom stereocenters. The summed E-state index contributed by atoms with van der Waals surface area (Å²) in [4.78, 5) is 13.3. The Balaban J connectivity index is 1.56. The normalized spacial score (nSPS) is 11.3. The van der Waals surface area contributed by atoms with Crippen LogP contribution in [-0.4, -0.2) is 39.4 Å². The van der Waals surface area contributed by atoms with E-state index in [1.807, 2.05) is 37.4 Å². The molecule has 0 unspecified atom stereocenters. The molecule has 9 nitrogen and oxygen atoms in total. The van der Waals surface area contributed by atoms with Gasteiger partial charge in [0.15, 0.2) is 0 Å². The number of ether oxygens (including phenoxy) is 1. The number of hydrogen-bond acceptors (Lipinski definition) is 9. The van der Waals surface area contributed by atoms with E-state index in [2.05, 4.69) is 26.0 Å². The maximum atomic E-state index is 12.3. The van der Waals surface area contributed by atoms with Gasteiger partial charge in [-0.3, -0.25) is 4.79 Å². The lowest BCUT2D eigenvalue weighted by atomic mass is 10.2. The fraction of sp³-hybridized carbons (Fsp3) is 0.222. The molecule has 4 N–H and O–H groups in total. The first-order valence-electron chi connectivity index (χ1n) is 8.60. The molecular formula is C18H21N7O2S2. The maximum absolute atomic E-state index is 12.3. The first-order valence-corrected chi connectivity index (χ1v) is 10.5. The van der Waals surface area contributed by atoms with Crippen LogP contribution in [0, 0.1) is 6.92 Å². The number of thiophene rings is 1. The van der Waals surface area contributed by atoms with Gasteiger partial charge in [0.2, 0.25) is 11.1 Å². The zero-order valence-corrected chi connectivity index (χ0v) is 17.8. The quantitative estimate of drug-likeness (QED) is 0.217. The Hall–Kier alpha value is -3.05. The number of amides is 1. The van der Waals surface area contributed by atoms with Crippen LogP contribution in [0.3, 0.4) is 0 Å². The van der Waals surface area contributed by atoms with Gasteiger partial charge in [-0.2, -0.15) is 5.10 Å². The predicted molar refractivity (Wildman–Crippen MR) is 117 cm³/mol. The first-order chi connectivity index (χ1) is 14.0. The third kappa shape index (κ3) is 5.27. The molecule has 29 heavy (non-hydrogen) atoms. The third-order valence-electron chi connectivity index (χ3n) is 3.91. The van der Waals surface area contributed by atoms with E-state index in [1.54, 1.807) is 30.6 Å². The smallest absolute Gasteiger partial charge is 0.264 e. The number of thioether (sulfide) groups is 1. The second-order valence-corrected chi connectivity index (χ2v) is 7.87. The summed E-state index contributed by atoms with van der Waals surface area (Å²) in [6.07, 6.45) is 0. The van der Waals surface area contributed by atoms with E-state index in [0.717, 1.165) is 27.6 Å². The lowest BCUT2D eigenvalue weighted by Gasteiger charge is -2.09. The van der Waals surface area contributed by atoms with E-state index < -0.39 is 0 Å². The van der Waals surface area contributed by atoms with Crippen molar-refractivity contribution in [2.24, 2.45) is 5.10 Å².